The Kier molecular flexibility index (Phi) is 8.48. The van der Waals surface area contributed by atoms with Crippen LogP contribution in [0.4, 0.5) is 0 Å². The lowest BCUT2D eigenvalue weighted by Crippen LogP contribution is -2.48. The number of hydrogen-bond acceptors (Lipinski definition) is 3. The van der Waals surface area contributed by atoms with E-state index in [1.54, 1.807) is 0 Å². The summed E-state index contributed by atoms with van der Waals surface area (Å²) < 4.78 is 7.75. The summed E-state index contributed by atoms with van der Waals surface area (Å²) in [7, 11) is 3.81. The fraction of sp³-hybridized carbons (Fsp3) is 0.778. The van der Waals surface area contributed by atoms with Gasteiger partial charge in [0.25, 0.3) is 0 Å². The first kappa shape index (κ1) is 20.5. The minimum absolute atomic E-state index is 0. The van der Waals surface area contributed by atoms with E-state index in [4.69, 9.17) is 4.74 Å². The van der Waals surface area contributed by atoms with Gasteiger partial charge >= 0.3 is 0 Å². The standard InChI is InChI=1S/C18H31N5O.HI/c1-19-18(20-9-8-15-6-4-3-5-7-15)23-10-11-24-17(14-23)16-12-21-22(2)13-16;/h12-13,15,17H,3-11,14H2,1-2H3,(H,19,20);1H. The molecular weight excluding hydrogens is 429 g/mol. The average molecular weight is 461 g/mol. The SMILES string of the molecule is CN=C(NCCC1CCCCC1)N1CCOC(c2cnn(C)c2)C1.I. The predicted molar refractivity (Wildman–Crippen MR) is 111 cm³/mol. The molecule has 3 rings (SSSR count). The van der Waals surface area contributed by atoms with Crippen LogP contribution in [0.25, 0.3) is 0 Å². The van der Waals surface area contributed by atoms with Crippen LogP contribution in [0.5, 0.6) is 0 Å². The molecule has 1 aliphatic heterocycles. The summed E-state index contributed by atoms with van der Waals surface area (Å²) in [6.07, 6.45) is 12.3. The van der Waals surface area contributed by atoms with Gasteiger partial charge in [0.05, 0.1) is 19.3 Å². The summed E-state index contributed by atoms with van der Waals surface area (Å²) in [4.78, 5) is 6.79. The third kappa shape index (κ3) is 5.84. The van der Waals surface area contributed by atoms with Crippen molar-refractivity contribution in [2.45, 2.75) is 44.6 Å². The van der Waals surface area contributed by atoms with Gasteiger partial charge in [-0.15, -0.1) is 24.0 Å². The fourth-order valence-electron chi connectivity index (χ4n) is 3.85. The van der Waals surface area contributed by atoms with Gasteiger partial charge in [-0.3, -0.25) is 9.67 Å². The Morgan fingerprint density at radius 3 is 2.84 bits per heavy atom. The number of rotatable bonds is 4. The van der Waals surface area contributed by atoms with Gasteiger partial charge < -0.3 is 15.0 Å². The first-order valence-corrected chi connectivity index (χ1v) is 9.32. The number of aromatic nitrogens is 2. The predicted octanol–water partition coefficient (Wildman–Crippen LogP) is 2.96. The molecule has 1 aromatic heterocycles. The number of guanidine groups is 1. The van der Waals surface area contributed by atoms with Gasteiger partial charge in [0.15, 0.2) is 5.96 Å². The van der Waals surface area contributed by atoms with Gasteiger partial charge in [0.1, 0.15) is 6.10 Å². The topological polar surface area (TPSA) is 54.7 Å². The maximum atomic E-state index is 5.92. The maximum absolute atomic E-state index is 5.92. The van der Waals surface area contributed by atoms with Gasteiger partial charge in [-0.1, -0.05) is 32.1 Å². The highest BCUT2D eigenvalue weighted by atomic mass is 127. The molecule has 1 saturated carbocycles. The lowest BCUT2D eigenvalue weighted by Gasteiger charge is -2.35. The molecule has 25 heavy (non-hydrogen) atoms. The lowest BCUT2D eigenvalue weighted by atomic mass is 9.87. The summed E-state index contributed by atoms with van der Waals surface area (Å²) in [5, 5.41) is 7.82. The first-order valence-electron chi connectivity index (χ1n) is 9.32. The number of hydrogen-bond donors (Lipinski definition) is 1. The second-order valence-corrected chi connectivity index (χ2v) is 7.02. The van der Waals surface area contributed by atoms with Crippen LogP contribution in [-0.2, 0) is 11.8 Å². The van der Waals surface area contributed by atoms with E-state index in [1.807, 2.05) is 31.2 Å². The molecule has 1 N–H and O–H groups in total. The second-order valence-electron chi connectivity index (χ2n) is 7.02. The zero-order valence-electron chi connectivity index (χ0n) is 15.5. The number of aryl methyl sites for hydroxylation is 1. The minimum Gasteiger partial charge on any atom is -0.370 e. The quantitative estimate of drug-likeness (QED) is 0.426. The summed E-state index contributed by atoms with van der Waals surface area (Å²) in [6.45, 7) is 3.46. The van der Waals surface area contributed by atoms with E-state index in [2.05, 4.69) is 20.3 Å². The van der Waals surface area contributed by atoms with Gasteiger partial charge in [0, 0.05) is 38.9 Å². The molecule has 1 aliphatic carbocycles. The first-order chi connectivity index (χ1) is 11.8. The molecule has 7 heteroatoms. The van der Waals surface area contributed by atoms with Crippen LogP contribution < -0.4 is 5.32 Å². The van der Waals surface area contributed by atoms with Crippen LogP contribution in [0, 0.1) is 5.92 Å². The number of morpholine rings is 1. The van der Waals surface area contributed by atoms with Crippen molar-refractivity contribution in [1.82, 2.24) is 20.0 Å². The van der Waals surface area contributed by atoms with Crippen molar-refractivity contribution in [1.29, 1.82) is 0 Å². The Bertz CT molecular complexity index is 541. The van der Waals surface area contributed by atoms with Crippen molar-refractivity contribution >= 4 is 29.9 Å². The van der Waals surface area contributed by atoms with Crippen LogP contribution in [-0.4, -0.2) is 53.9 Å². The summed E-state index contributed by atoms with van der Waals surface area (Å²) >= 11 is 0. The third-order valence-corrected chi connectivity index (χ3v) is 5.23. The molecule has 2 aliphatic rings. The number of aliphatic imine (C=N–C) groups is 1. The Labute approximate surface area is 168 Å². The van der Waals surface area contributed by atoms with Gasteiger partial charge in [-0.05, 0) is 12.3 Å². The normalized spacial score (nSPS) is 22.6. The monoisotopic (exact) mass is 461 g/mol. The van der Waals surface area contributed by atoms with Crippen molar-refractivity contribution in [2.24, 2.45) is 18.0 Å². The van der Waals surface area contributed by atoms with Crippen molar-refractivity contribution in [3.8, 4) is 0 Å². The molecule has 0 aromatic carbocycles. The maximum Gasteiger partial charge on any atom is 0.193 e. The summed E-state index contributed by atoms with van der Waals surface area (Å²) in [5.41, 5.74) is 1.14. The molecule has 0 amide bonds. The van der Waals surface area contributed by atoms with Crippen molar-refractivity contribution in [2.75, 3.05) is 33.3 Å². The summed E-state index contributed by atoms with van der Waals surface area (Å²) in [5.74, 6) is 1.90. The highest BCUT2D eigenvalue weighted by Crippen LogP contribution is 2.26. The molecule has 1 saturated heterocycles. The van der Waals surface area contributed by atoms with Crippen molar-refractivity contribution < 1.29 is 4.74 Å². The molecule has 142 valence electrons. The van der Waals surface area contributed by atoms with E-state index >= 15 is 0 Å². The van der Waals surface area contributed by atoms with E-state index < -0.39 is 0 Å². The Morgan fingerprint density at radius 2 is 2.16 bits per heavy atom. The Balaban J connectivity index is 0.00000225. The molecular formula is C18H32IN5O. The zero-order valence-corrected chi connectivity index (χ0v) is 17.8. The van der Waals surface area contributed by atoms with Gasteiger partial charge in [0.2, 0.25) is 0 Å². The highest BCUT2D eigenvalue weighted by Gasteiger charge is 2.25. The fourth-order valence-corrected chi connectivity index (χ4v) is 3.85. The van der Waals surface area contributed by atoms with E-state index in [1.165, 1.54) is 38.5 Å². The Morgan fingerprint density at radius 1 is 1.36 bits per heavy atom. The summed E-state index contributed by atoms with van der Waals surface area (Å²) in [6, 6.07) is 0. The van der Waals surface area contributed by atoms with E-state index in [0.29, 0.717) is 0 Å². The molecule has 2 fully saturated rings. The van der Waals surface area contributed by atoms with E-state index in [0.717, 1.165) is 43.7 Å². The molecule has 1 aromatic rings. The molecule has 0 bridgehead atoms. The molecule has 1 atom stereocenters. The highest BCUT2D eigenvalue weighted by molar-refractivity contribution is 14.0. The van der Waals surface area contributed by atoms with Crippen LogP contribution in [0.3, 0.4) is 0 Å². The van der Waals surface area contributed by atoms with Crippen LogP contribution in [0.2, 0.25) is 0 Å². The molecule has 1 unspecified atom stereocenters. The largest absolute Gasteiger partial charge is 0.370 e. The second kappa shape index (κ2) is 10.4. The number of ether oxygens (including phenoxy) is 1. The van der Waals surface area contributed by atoms with Crippen LogP contribution in [0.15, 0.2) is 17.4 Å². The number of nitrogens with one attached hydrogen (secondary N) is 1. The molecule has 0 spiro atoms. The third-order valence-electron chi connectivity index (χ3n) is 5.23. The lowest BCUT2D eigenvalue weighted by molar-refractivity contribution is -0.00804. The van der Waals surface area contributed by atoms with Crippen LogP contribution >= 0.6 is 24.0 Å². The Hall–Kier alpha value is -0.830. The van der Waals surface area contributed by atoms with Gasteiger partial charge in [-0.25, -0.2) is 0 Å². The molecule has 0 radical (unpaired) electrons. The van der Waals surface area contributed by atoms with Gasteiger partial charge in [-0.2, -0.15) is 5.10 Å². The number of halogens is 1. The zero-order chi connectivity index (χ0) is 16.8. The molecule has 6 nitrogen and oxygen atoms in total. The van der Waals surface area contributed by atoms with Crippen LogP contribution in [0.1, 0.15) is 50.2 Å². The average Bonchev–Trinajstić information content (AvgIpc) is 3.06. The van der Waals surface area contributed by atoms with Crippen molar-refractivity contribution in [3.63, 3.8) is 0 Å². The van der Waals surface area contributed by atoms with E-state index in [9.17, 15) is 0 Å². The number of nitrogens with zero attached hydrogens (tertiary/aromatic N) is 4. The van der Waals surface area contributed by atoms with E-state index in [-0.39, 0.29) is 30.1 Å². The molecule has 2 heterocycles. The van der Waals surface area contributed by atoms with Crippen molar-refractivity contribution in [3.05, 3.63) is 18.0 Å². The minimum atomic E-state index is 0. The smallest absolute Gasteiger partial charge is 0.193 e.